The van der Waals surface area contributed by atoms with Crippen LogP contribution < -0.4 is 5.32 Å². The van der Waals surface area contributed by atoms with Gasteiger partial charge in [-0.05, 0) is 43.2 Å². The monoisotopic (exact) mass is 339 g/mol. The molecule has 0 radical (unpaired) electrons. The Morgan fingerprint density at radius 3 is 2.88 bits per heavy atom. The first kappa shape index (κ1) is 15.8. The molecule has 2 aliphatic carbocycles. The van der Waals surface area contributed by atoms with Crippen LogP contribution in [0.4, 0.5) is 0 Å². The number of carbonyl (C=O) groups is 1. The van der Waals surface area contributed by atoms with E-state index in [0.29, 0.717) is 11.9 Å². The molecule has 4 heteroatoms. The van der Waals surface area contributed by atoms with Crippen LogP contribution in [0.5, 0.6) is 0 Å². The number of rotatable bonds is 2. The Morgan fingerprint density at radius 2 is 2.00 bits per heavy atom. The number of benzene rings is 1. The largest absolute Gasteiger partial charge is 0.341 e. The maximum atomic E-state index is 13.2. The molecular weight excluding hydrogens is 310 g/mol. The topological polar surface area (TPSA) is 35.6 Å². The molecule has 4 nitrogen and oxygen atoms in total. The first-order valence-corrected chi connectivity index (χ1v) is 10.1. The summed E-state index contributed by atoms with van der Waals surface area (Å²) in [6.45, 7) is 6.36. The molecule has 3 atom stereocenters. The fourth-order valence-electron chi connectivity index (χ4n) is 5.66. The van der Waals surface area contributed by atoms with E-state index in [-0.39, 0.29) is 11.3 Å². The van der Waals surface area contributed by atoms with E-state index in [1.807, 2.05) is 0 Å². The van der Waals surface area contributed by atoms with Gasteiger partial charge in [-0.15, -0.1) is 0 Å². The van der Waals surface area contributed by atoms with Gasteiger partial charge in [-0.3, -0.25) is 9.69 Å². The van der Waals surface area contributed by atoms with Crippen molar-refractivity contribution in [2.75, 3.05) is 39.3 Å². The van der Waals surface area contributed by atoms with Gasteiger partial charge in [-0.25, -0.2) is 0 Å². The summed E-state index contributed by atoms with van der Waals surface area (Å²) < 4.78 is 0. The Labute approximate surface area is 150 Å². The SMILES string of the molecule is O=C(C1CC12CCCc1ccccc12)N1CCC(N2CCNCC2)C1. The number of nitrogens with one attached hydrogen (secondary N) is 1. The van der Waals surface area contributed by atoms with Gasteiger partial charge < -0.3 is 10.2 Å². The highest BCUT2D eigenvalue weighted by atomic mass is 16.2. The first-order chi connectivity index (χ1) is 12.3. The summed E-state index contributed by atoms with van der Waals surface area (Å²) in [4.78, 5) is 18.0. The van der Waals surface area contributed by atoms with Gasteiger partial charge in [-0.1, -0.05) is 24.3 Å². The van der Waals surface area contributed by atoms with Crippen LogP contribution in [0.2, 0.25) is 0 Å². The summed E-state index contributed by atoms with van der Waals surface area (Å²) in [5, 5.41) is 3.43. The molecule has 0 bridgehead atoms. The summed E-state index contributed by atoms with van der Waals surface area (Å²) in [6.07, 6.45) is 5.87. The number of nitrogens with zero attached hydrogens (tertiary/aromatic N) is 2. The van der Waals surface area contributed by atoms with Gasteiger partial charge in [0.2, 0.25) is 5.91 Å². The van der Waals surface area contributed by atoms with Gasteiger partial charge >= 0.3 is 0 Å². The molecule has 1 aromatic rings. The quantitative estimate of drug-likeness (QED) is 0.892. The molecule has 4 aliphatic rings. The molecule has 1 saturated carbocycles. The van der Waals surface area contributed by atoms with Crippen LogP contribution in [-0.4, -0.2) is 61.0 Å². The molecule has 134 valence electrons. The van der Waals surface area contributed by atoms with E-state index in [2.05, 4.69) is 39.4 Å². The molecule has 2 heterocycles. The molecule has 1 aromatic carbocycles. The number of fused-ring (bicyclic) bond motifs is 2. The number of piperazine rings is 1. The summed E-state index contributed by atoms with van der Waals surface area (Å²) >= 11 is 0. The lowest BCUT2D eigenvalue weighted by Crippen LogP contribution is -2.49. The second-order valence-corrected chi connectivity index (χ2v) is 8.44. The zero-order valence-electron chi connectivity index (χ0n) is 15.0. The second-order valence-electron chi connectivity index (χ2n) is 8.44. The Hall–Kier alpha value is -1.39. The fraction of sp³-hybridized carbons (Fsp3) is 0.667. The van der Waals surface area contributed by atoms with Crippen molar-refractivity contribution < 1.29 is 4.79 Å². The van der Waals surface area contributed by atoms with Crippen molar-refractivity contribution in [3.8, 4) is 0 Å². The van der Waals surface area contributed by atoms with E-state index in [4.69, 9.17) is 0 Å². The molecule has 1 spiro atoms. The average Bonchev–Trinajstić information content (AvgIpc) is 3.16. The third-order valence-electron chi connectivity index (χ3n) is 7.14. The highest BCUT2D eigenvalue weighted by Gasteiger charge is 2.61. The van der Waals surface area contributed by atoms with Crippen LogP contribution in [-0.2, 0) is 16.6 Å². The maximum absolute atomic E-state index is 13.2. The smallest absolute Gasteiger partial charge is 0.226 e. The lowest BCUT2D eigenvalue weighted by atomic mass is 9.78. The zero-order chi connectivity index (χ0) is 16.9. The van der Waals surface area contributed by atoms with Crippen molar-refractivity contribution in [2.45, 2.75) is 43.6 Å². The predicted molar refractivity (Wildman–Crippen MR) is 98.6 cm³/mol. The lowest BCUT2D eigenvalue weighted by molar-refractivity contribution is -0.132. The summed E-state index contributed by atoms with van der Waals surface area (Å²) in [6, 6.07) is 9.44. The van der Waals surface area contributed by atoms with Crippen LogP contribution >= 0.6 is 0 Å². The molecule has 25 heavy (non-hydrogen) atoms. The van der Waals surface area contributed by atoms with Crippen LogP contribution in [0.15, 0.2) is 24.3 Å². The second kappa shape index (κ2) is 6.10. The fourth-order valence-corrected chi connectivity index (χ4v) is 5.66. The van der Waals surface area contributed by atoms with E-state index in [9.17, 15) is 4.79 Å². The van der Waals surface area contributed by atoms with Crippen LogP contribution in [0.1, 0.15) is 36.8 Å². The zero-order valence-corrected chi connectivity index (χ0v) is 15.0. The maximum Gasteiger partial charge on any atom is 0.226 e. The number of amides is 1. The Bertz CT molecular complexity index is 669. The van der Waals surface area contributed by atoms with Gasteiger partial charge in [0.25, 0.3) is 0 Å². The number of aryl methyl sites for hydroxylation is 1. The van der Waals surface area contributed by atoms with E-state index < -0.39 is 0 Å². The van der Waals surface area contributed by atoms with E-state index >= 15 is 0 Å². The summed E-state index contributed by atoms with van der Waals surface area (Å²) in [7, 11) is 0. The van der Waals surface area contributed by atoms with Gasteiger partial charge in [-0.2, -0.15) is 0 Å². The number of hydrogen-bond acceptors (Lipinski definition) is 3. The number of hydrogen-bond donors (Lipinski definition) is 1. The van der Waals surface area contributed by atoms with Crippen molar-refractivity contribution in [1.29, 1.82) is 0 Å². The Balaban J connectivity index is 1.28. The van der Waals surface area contributed by atoms with E-state index in [0.717, 1.165) is 52.1 Å². The minimum atomic E-state index is 0.180. The first-order valence-electron chi connectivity index (χ1n) is 10.1. The molecular formula is C21H29N3O. The van der Waals surface area contributed by atoms with Crippen molar-refractivity contribution in [2.24, 2.45) is 5.92 Å². The van der Waals surface area contributed by atoms with Crippen molar-refractivity contribution in [3.05, 3.63) is 35.4 Å². The highest BCUT2D eigenvalue weighted by Crippen LogP contribution is 2.61. The van der Waals surface area contributed by atoms with Crippen LogP contribution in [0.3, 0.4) is 0 Å². The standard InChI is InChI=1S/C21H29N3O/c25-20(24-11-7-17(15-24)23-12-9-22-10-13-23)19-14-21(19)8-3-5-16-4-1-2-6-18(16)21/h1-2,4,6,17,19,22H,3,5,7-15H2. The van der Waals surface area contributed by atoms with Gasteiger partial charge in [0.15, 0.2) is 0 Å². The van der Waals surface area contributed by atoms with Crippen molar-refractivity contribution in [3.63, 3.8) is 0 Å². The van der Waals surface area contributed by atoms with Crippen LogP contribution in [0.25, 0.3) is 0 Å². The van der Waals surface area contributed by atoms with Crippen molar-refractivity contribution >= 4 is 5.91 Å². The summed E-state index contributed by atoms with van der Waals surface area (Å²) in [5.74, 6) is 0.685. The molecule has 5 rings (SSSR count). The minimum Gasteiger partial charge on any atom is -0.341 e. The van der Waals surface area contributed by atoms with Crippen LogP contribution in [0, 0.1) is 5.92 Å². The third kappa shape index (κ3) is 2.61. The highest BCUT2D eigenvalue weighted by molar-refractivity contribution is 5.85. The Kier molecular flexibility index (Phi) is 3.86. The van der Waals surface area contributed by atoms with Crippen molar-refractivity contribution in [1.82, 2.24) is 15.1 Å². The van der Waals surface area contributed by atoms with E-state index in [1.54, 1.807) is 0 Å². The Morgan fingerprint density at radius 1 is 1.16 bits per heavy atom. The summed E-state index contributed by atoms with van der Waals surface area (Å²) in [5.41, 5.74) is 3.15. The molecule has 1 N–H and O–H groups in total. The predicted octanol–water partition coefficient (Wildman–Crippen LogP) is 1.79. The van der Waals surface area contributed by atoms with E-state index in [1.165, 1.54) is 30.4 Å². The molecule has 2 aliphatic heterocycles. The molecule has 3 fully saturated rings. The minimum absolute atomic E-state index is 0.180. The molecule has 2 saturated heterocycles. The van der Waals surface area contributed by atoms with Gasteiger partial charge in [0.1, 0.15) is 0 Å². The van der Waals surface area contributed by atoms with Gasteiger partial charge in [0.05, 0.1) is 0 Å². The molecule has 1 amide bonds. The normalized spacial score (nSPS) is 35.0. The lowest BCUT2D eigenvalue weighted by Gasteiger charge is -2.32. The average molecular weight is 339 g/mol. The number of carbonyl (C=O) groups excluding carboxylic acids is 1. The third-order valence-corrected chi connectivity index (χ3v) is 7.14. The molecule has 3 unspecified atom stereocenters. The van der Waals surface area contributed by atoms with Gasteiger partial charge in [0, 0.05) is 56.6 Å². The molecule has 0 aromatic heterocycles. The number of likely N-dealkylation sites (tertiary alicyclic amines) is 1.